The Morgan fingerprint density at radius 3 is 1.80 bits per heavy atom. The van der Waals surface area contributed by atoms with Crippen LogP contribution in [0.25, 0.3) is 0 Å². The first-order valence-corrected chi connectivity index (χ1v) is 3.85. The van der Waals surface area contributed by atoms with E-state index in [1.165, 1.54) is 6.92 Å². The van der Waals surface area contributed by atoms with Crippen LogP contribution in [-0.2, 0) is 9.53 Å². The summed E-state index contributed by atoms with van der Waals surface area (Å²) in [5.41, 5.74) is 0. The van der Waals surface area contributed by atoms with Gasteiger partial charge in [-0.05, 0) is 0 Å². The fraction of sp³-hybridized carbons (Fsp3) is 0.857. The Morgan fingerprint density at radius 1 is 1.13 bits per heavy atom. The van der Waals surface area contributed by atoms with Crippen molar-refractivity contribution in [2.24, 2.45) is 0 Å². The van der Waals surface area contributed by atoms with Gasteiger partial charge in [0.2, 0.25) is 6.10 Å². The van der Waals surface area contributed by atoms with Crippen molar-refractivity contribution in [3.05, 3.63) is 0 Å². The number of hydrogen-bond acceptors (Lipinski definition) is 2. The SMILES string of the molecule is CCC(=O)COC(C(F)(F)F)C(F)(F)F. The average molecular weight is 238 g/mol. The number of ketones is 1. The minimum absolute atomic E-state index is 0.178. The largest absolute Gasteiger partial charge is 0.423 e. The van der Waals surface area contributed by atoms with Gasteiger partial charge in [-0.3, -0.25) is 4.79 Å². The molecule has 15 heavy (non-hydrogen) atoms. The number of hydrogen-bond donors (Lipinski definition) is 0. The van der Waals surface area contributed by atoms with E-state index in [0.29, 0.717) is 0 Å². The smallest absolute Gasteiger partial charge is 0.353 e. The number of Topliss-reactive ketones (excluding diaryl/α,β-unsaturated/α-hetero) is 1. The van der Waals surface area contributed by atoms with Crippen molar-refractivity contribution in [1.29, 1.82) is 0 Å². The van der Waals surface area contributed by atoms with Crippen LogP contribution in [0.4, 0.5) is 26.3 Å². The maximum Gasteiger partial charge on any atom is 0.423 e. The predicted molar refractivity (Wildman–Crippen MR) is 37.1 cm³/mol. The normalized spacial score (nSPS) is 13.3. The lowest BCUT2D eigenvalue weighted by molar-refractivity contribution is -0.319. The van der Waals surface area contributed by atoms with Gasteiger partial charge in [-0.25, -0.2) is 0 Å². The van der Waals surface area contributed by atoms with E-state index in [-0.39, 0.29) is 6.42 Å². The van der Waals surface area contributed by atoms with Gasteiger partial charge in [0.15, 0.2) is 5.78 Å². The van der Waals surface area contributed by atoms with Crippen molar-refractivity contribution in [1.82, 2.24) is 0 Å². The molecule has 0 aromatic carbocycles. The molecular weight excluding hydrogens is 230 g/mol. The number of ether oxygens (including phenoxy) is 1. The second-order valence-corrected chi connectivity index (χ2v) is 2.67. The van der Waals surface area contributed by atoms with Gasteiger partial charge >= 0.3 is 12.4 Å². The number of carbonyl (C=O) groups is 1. The highest BCUT2D eigenvalue weighted by Gasteiger charge is 2.58. The molecule has 0 fully saturated rings. The number of rotatable bonds is 4. The quantitative estimate of drug-likeness (QED) is 0.703. The van der Waals surface area contributed by atoms with Crippen molar-refractivity contribution in [3.63, 3.8) is 0 Å². The number of halogens is 6. The van der Waals surface area contributed by atoms with Crippen LogP contribution >= 0.6 is 0 Å². The Kier molecular flexibility index (Phi) is 4.57. The molecule has 0 saturated heterocycles. The van der Waals surface area contributed by atoms with Gasteiger partial charge in [0, 0.05) is 6.42 Å². The Bertz CT molecular complexity index is 205. The summed E-state index contributed by atoms with van der Waals surface area (Å²) in [4.78, 5) is 10.5. The molecule has 0 heterocycles. The molecule has 90 valence electrons. The minimum Gasteiger partial charge on any atom is -0.353 e. The van der Waals surface area contributed by atoms with Crippen LogP contribution in [0.2, 0.25) is 0 Å². The minimum atomic E-state index is -5.56. The van der Waals surface area contributed by atoms with Crippen molar-refractivity contribution in [3.8, 4) is 0 Å². The first-order chi connectivity index (χ1) is 6.59. The van der Waals surface area contributed by atoms with E-state index in [0.717, 1.165) is 0 Å². The molecule has 0 unspecified atom stereocenters. The summed E-state index contributed by atoms with van der Waals surface area (Å²) in [6.07, 6.45) is -15.2. The Labute approximate surface area is 81.2 Å². The summed E-state index contributed by atoms with van der Waals surface area (Å²) in [5, 5.41) is 0. The van der Waals surface area contributed by atoms with Crippen LogP contribution in [0.1, 0.15) is 13.3 Å². The lowest BCUT2D eigenvalue weighted by Crippen LogP contribution is -2.45. The summed E-state index contributed by atoms with van der Waals surface area (Å²) >= 11 is 0. The third-order valence-electron chi connectivity index (χ3n) is 1.40. The molecule has 0 saturated carbocycles. The summed E-state index contributed by atoms with van der Waals surface area (Å²) in [6, 6.07) is 0. The van der Waals surface area contributed by atoms with Crippen molar-refractivity contribution in [2.45, 2.75) is 31.8 Å². The molecule has 0 bridgehead atoms. The summed E-state index contributed by atoms with van der Waals surface area (Å²) in [7, 11) is 0. The van der Waals surface area contributed by atoms with Crippen LogP contribution in [0.3, 0.4) is 0 Å². The molecule has 0 amide bonds. The van der Waals surface area contributed by atoms with Gasteiger partial charge in [0.1, 0.15) is 6.61 Å². The molecule has 0 aliphatic carbocycles. The monoisotopic (exact) mass is 238 g/mol. The van der Waals surface area contributed by atoms with Gasteiger partial charge in [-0.2, -0.15) is 26.3 Å². The third-order valence-corrected chi connectivity index (χ3v) is 1.40. The Balaban J connectivity index is 4.49. The molecule has 0 N–H and O–H groups in total. The van der Waals surface area contributed by atoms with Crippen molar-refractivity contribution >= 4 is 5.78 Å². The highest BCUT2D eigenvalue weighted by molar-refractivity contribution is 5.79. The van der Waals surface area contributed by atoms with E-state index in [4.69, 9.17) is 0 Å². The van der Waals surface area contributed by atoms with Crippen LogP contribution in [0.5, 0.6) is 0 Å². The first kappa shape index (κ1) is 14.2. The van der Waals surface area contributed by atoms with Gasteiger partial charge in [-0.1, -0.05) is 6.92 Å². The average Bonchev–Trinajstić information content (AvgIpc) is 1.99. The molecule has 0 aliphatic heterocycles. The van der Waals surface area contributed by atoms with Gasteiger partial charge in [0.05, 0.1) is 0 Å². The van der Waals surface area contributed by atoms with Crippen molar-refractivity contribution in [2.75, 3.05) is 6.61 Å². The van der Waals surface area contributed by atoms with E-state index < -0.39 is 30.8 Å². The maximum absolute atomic E-state index is 11.8. The zero-order valence-electron chi connectivity index (χ0n) is 7.58. The molecule has 0 radical (unpaired) electrons. The summed E-state index contributed by atoms with van der Waals surface area (Å²) in [5.74, 6) is -0.825. The molecule has 0 aromatic heterocycles. The lowest BCUT2D eigenvalue weighted by atomic mass is 10.3. The number of alkyl halides is 6. The molecule has 0 aromatic rings. The first-order valence-electron chi connectivity index (χ1n) is 3.85. The molecule has 0 aliphatic rings. The molecular formula is C7H8F6O2. The van der Waals surface area contributed by atoms with Gasteiger partial charge in [-0.15, -0.1) is 0 Å². The molecule has 0 spiro atoms. The van der Waals surface area contributed by atoms with E-state index in [9.17, 15) is 31.1 Å². The van der Waals surface area contributed by atoms with Crippen LogP contribution in [0.15, 0.2) is 0 Å². The van der Waals surface area contributed by atoms with E-state index in [1.54, 1.807) is 0 Å². The van der Waals surface area contributed by atoms with E-state index in [2.05, 4.69) is 4.74 Å². The zero-order chi connectivity index (χ0) is 12.3. The third kappa shape index (κ3) is 5.01. The second kappa shape index (κ2) is 4.82. The maximum atomic E-state index is 11.8. The highest BCUT2D eigenvalue weighted by atomic mass is 19.4. The molecule has 2 nitrogen and oxygen atoms in total. The molecule has 0 rings (SSSR count). The highest BCUT2D eigenvalue weighted by Crippen LogP contribution is 2.35. The fourth-order valence-electron chi connectivity index (χ4n) is 0.653. The predicted octanol–water partition coefficient (Wildman–Crippen LogP) is 2.48. The standard InChI is InChI=1S/C7H8F6O2/c1-2-4(14)3-15-5(6(8,9)10)7(11,12)13/h5H,2-3H2,1H3. The van der Waals surface area contributed by atoms with Crippen LogP contribution in [0, 0.1) is 0 Å². The summed E-state index contributed by atoms with van der Waals surface area (Å²) < 4.78 is 74.4. The second-order valence-electron chi connectivity index (χ2n) is 2.67. The Hall–Kier alpha value is -0.790. The van der Waals surface area contributed by atoms with E-state index >= 15 is 0 Å². The molecule has 8 heteroatoms. The summed E-state index contributed by atoms with van der Waals surface area (Å²) in [6.45, 7) is 0.113. The van der Waals surface area contributed by atoms with Crippen LogP contribution in [-0.4, -0.2) is 30.8 Å². The lowest BCUT2D eigenvalue weighted by Gasteiger charge is -2.22. The number of carbonyl (C=O) groups excluding carboxylic acids is 1. The van der Waals surface area contributed by atoms with Crippen molar-refractivity contribution < 1.29 is 35.9 Å². The fourth-order valence-corrected chi connectivity index (χ4v) is 0.653. The van der Waals surface area contributed by atoms with Crippen LogP contribution < -0.4 is 0 Å². The van der Waals surface area contributed by atoms with Gasteiger partial charge < -0.3 is 4.74 Å². The van der Waals surface area contributed by atoms with E-state index in [1.807, 2.05) is 0 Å². The topological polar surface area (TPSA) is 26.3 Å². The molecule has 0 atom stereocenters. The zero-order valence-corrected chi connectivity index (χ0v) is 7.58. The van der Waals surface area contributed by atoms with Gasteiger partial charge in [0.25, 0.3) is 0 Å². The Morgan fingerprint density at radius 2 is 1.53 bits per heavy atom.